The normalized spacial score (nSPS) is 17.5. The molecule has 2 heterocycles. The van der Waals surface area contributed by atoms with E-state index in [1.54, 1.807) is 0 Å². The van der Waals surface area contributed by atoms with Crippen molar-refractivity contribution in [1.29, 1.82) is 0 Å². The zero-order chi connectivity index (χ0) is 17.1. The van der Waals surface area contributed by atoms with Crippen LogP contribution in [0.3, 0.4) is 0 Å². The first-order valence-corrected chi connectivity index (χ1v) is 11.4. The number of hydrogen-bond donors (Lipinski definition) is 1. The van der Waals surface area contributed by atoms with Crippen molar-refractivity contribution >= 4 is 19.8 Å². The second-order valence-electron chi connectivity index (χ2n) is 7.88. The Kier molecular flexibility index (Phi) is 5.70. The van der Waals surface area contributed by atoms with Gasteiger partial charge in [-0.05, 0) is 30.3 Å². The second-order valence-corrected chi connectivity index (χ2v) is 12.7. The Morgan fingerprint density at radius 1 is 1.17 bits per heavy atom. The molecule has 0 aromatic carbocycles. The van der Waals surface area contributed by atoms with Crippen LogP contribution in [-0.2, 0) is 4.43 Å². The van der Waals surface area contributed by atoms with E-state index in [4.69, 9.17) is 10.2 Å². The lowest BCUT2D eigenvalue weighted by molar-refractivity contribution is 0.191. The van der Waals surface area contributed by atoms with Gasteiger partial charge in [-0.3, -0.25) is 4.90 Å². The van der Waals surface area contributed by atoms with Crippen LogP contribution in [0.1, 0.15) is 20.8 Å². The number of hydrogen-bond acceptors (Lipinski definition) is 5. The van der Waals surface area contributed by atoms with Gasteiger partial charge in [0.15, 0.2) is 8.32 Å². The third-order valence-electron chi connectivity index (χ3n) is 5.18. The molecule has 0 saturated carbocycles. The van der Waals surface area contributed by atoms with Crippen molar-refractivity contribution < 1.29 is 4.43 Å². The van der Waals surface area contributed by atoms with Gasteiger partial charge in [0, 0.05) is 39.3 Å². The van der Waals surface area contributed by atoms with Crippen molar-refractivity contribution in [2.45, 2.75) is 38.9 Å². The fourth-order valence-electron chi connectivity index (χ4n) is 2.46. The number of piperazine rings is 1. The Hall–Kier alpha value is -1.11. The lowest BCUT2D eigenvalue weighted by atomic mass is 10.2. The van der Waals surface area contributed by atoms with Crippen LogP contribution in [0.5, 0.6) is 0 Å². The van der Waals surface area contributed by atoms with Gasteiger partial charge in [0.2, 0.25) is 0 Å². The minimum absolute atomic E-state index is 0.286. The van der Waals surface area contributed by atoms with Gasteiger partial charge in [0.1, 0.15) is 5.82 Å². The van der Waals surface area contributed by atoms with Crippen molar-refractivity contribution in [3.8, 4) is 0 Å². The highest BCUT2D eigenvalue weighted by Gasteiger charge is 2.37. The number of nitrogen functional groups attached to an aromatic ring is 1. The highest BCUT2D eigenvalue weighted by molar-refractivity contribution is 6.74. The molecular weight excluding hydrogens is 304 g/mol. The maximum absolute atomic E-state index is 6.28. The number of anilines is 2. The summed E-state index contributed by atoms with van der Waals surface area (Å²) in [4.78, 5) is 9.05. The maximum atomic E-state index is 6.28. The molecule has 6 heteroatoms. The average Bonchev–Trinajstić information content (AvgIpc) is 2.47. The van der Waals surface area contributed by atoms with Crippen LogP contribution in [0.4, 0.5) is 11.5 Å². The molecule has 1 aliphatic rings. The summed E-state index contributed by atoms with van der Waals surface area (Å²) in [6.45, 7) is 17.6. The largest absolute Gasteiger partial charge is 0.416 e. The van der Waals surface area contributed by atoms with Gasteiger partial charge < -0.3 is 15.1 Å². The maximum Gasteiger partial charge on any atom is 0.192 e. The molecular formula is C17H32N4OSi. The zero-order valence-electron chi connectivity index (χ0n) is 15.3. The van der Waals surface area contributed by atoms with Crippen LogP contribution < -0.4 is 10.6 Å². The van der Waals surface area contributed by atoms with Crippen LogP contribution in [0.2, 0.25) is 18.1 Å². The lowest BCUT2D eigenvalue weighted by Gasteiger charge is -2.38. The van der Waals surface area contributed by atoms with E-state index in [0.29, 0.717) is 5.82 Å². The van der Waals surface area contributed by atoms with Gasteiger partial charge in [-0.2, -0.15) is 0 Å². The molecule has 1 fully saturated rings. The Labute approximate surface area is 142 Å². The Bertz CT molecular complexity index is 490. The smallest absolute Gasteiger partial charge is 0.192 e. The first kappa shape index (κ1) is 18.2. The highest BCUT2D eigenvalue weighted by Crippen LogP contribution is 2.36. The fraction of sp³-hybridized carbons (Fsp3) is 0.706. The standard InChI is InChI=1S/C17H32N4OSi/c1-17(2,3)23(4,5)22-13-12-20-8-10-21(11-9-20)15-6-7-16(18)19-14-15/h6-7,14H,8-13H2,1-5H3,(H2,18,19). The van der Waals surface area contributed by atoms with E-state index < -0.39 is 8.32 Å². The molecule has 0 amide bonds. The Morgan fingerprint density at radius 3 is 2.35 bits per heavy atom. The summed E-state index contributed by atoms with van der Waals surface area (Å²) in [6.07, 6.45) is 1.87. The molecule has 0 bridgehead atoms. The first-order chi connectivity index (χ1) is 10.7. The van der Waals surface area contributed by atoms with E-state index in [0.717, 1.165) is 45.0 Å². The first-order valence-electron chi connectivity index (χ1n) is 8.52. The lowest BCUT2D eigenvalue weighted by Crippen LogP contribution is -2.48. The monoisotopic (exact) mass is 336 g/mol. The summed E-state index contributed by atoms with van der Waals surface area (Å²) in [5, 5.41) is 0.286. The number of pyridine rings is 1. The van der Waals surface area contributed by atoms with Crippen molar-refractivity contribution in [2.24, 2.45) is 0 Å². The third-order valence-corrected chi connectivity index (χ3v) is 9.72. The number of nitrogens with zero attached hydrogens (tertiary/aromatic N) is 3. The van der Waals surface area contributed by atoms with E-state index in [1.807, 2.05) is 12.3 Å². The third kappa shape index (κ3) is 4.93. The van der Waals surface area contributed by atoms with Crippen molar-refractivity contribution in [3.05, 3.63) is 18.3 Å². The van der Waals surface area contributed by atoms with Gasteiger partial charge in [-0.15, -0.1) is 0 Å². The summed E-state index contributed by atoms with van der Waals surface area (Å²) in [6, 6.07) is 3.92. The van der Waals surface area contributed by atoms with Crippen molar-refractivity contribution in [1.82, 2.24) is 9.88 Å². The quantitative estimate of drug-likeness (QED) is 0.838. The van der Waals surface area contributed by atoms with Crippen molar-refractivity contribution in [3.63, 3.8) is 0 Å². The molecule has 0 radical (unpaired) electrons. The Morgan fingerprint density at radius 2 is 1.83 bits per heavy atom. The predicted octanol–water partition coefficient (Wildman–Crippen LogP) is 2.81. The molecule has 0 aliphatic carbocycles. The fourth-order valence-corrected chi connectivity index (χ4v) is 3.50. The molecule has 5 nitrogen and oxygen atoms in total. The molecule has 1 aliphatic heterocycles. The average molecular weight is 337 g/mol. The van der Waals surface area contributed by atoms with Crippen LogP contribution in [0, 0.1) is 0 Å². The van der Waals surface area contributed by atoms with Crippen LogP contribution >= 0.6 is 0 Å². The molecule has 1 aromatic heterocycles. The van der Waals surface area contributed by atoms with E-state index in [1.165, 1.54) is 0 Å². The minimum Gasteiger partial charge on any atom is -0.416 e. The van der Waals surface area contributed by atoms with Crippen molar-refractivity contribution in [2.75, 3.05) is 50.0 Å². The molecule has 0 spiro atoms. The van der Waals surface area contributed by atoms with E-state index in [2.05, 4.69) is 54.7 Å². The predicted molar refractivity (Wildman–Crippen MR) is 100 cm³/mol. The summed E-state index contributed by atoms with van der Waals surface area (Å²) < 4.78 is 6.28. The highest BCUT2D eigenvalue weighted by atomic mass is 28.4. The summed E-state index contributed by atoms with van der Waals surface area (Å²) in [5.41, 5.74) is 6.81. The zero-order valence-corrected chi connectivity index (χ0v) is 16.3. The molecule has 1 aromatic rings. The van der Waals surface area contributed by atoms with Crippen LogP contribution in [0.15, 0.2) is 18.3 Å². The number of nitrogens with two attached hydrogens (primary N) is 1. The molecule has 130 valence electrons. The van der Waals surface area contributed by atoms with Gasteiger partial charge in [0.05, 0.1) is 11.9 Å². The van der Waals surface area contributed by atoms with Gasteiger partial charge in [-0.25, -0.2) is 4.98 Å². The van der Waals surface area contributed by atoms with E-state index >= 15 is 0 Å². The second kappa shape index (κ2) is 7.19. The van der Waals surface area contributed by atoms with E-state index in [9.17, 15) is 0 Å². The topological polar surface area (TPSA) is 54.6 Å². The van der Waals surface area contributed by atoms with Gasteiger partial charge in [-0.1, -0.05) is 20.8 Å². The minimum atomic E-state index is -1.62. The van der Waals surface area contributed by atoms with Gasteiger partial charge in [0.25, 0.3) is 0 Å². The van der Waals surface area contributed by atoms with E-state index in [-0.39, 0.29) is 5.04 Å². The molecule has 0 atom stereocenters. The summed E-state index contributed by atoms with van der Waals surface area (Å²) >= 11 is 0. The number of rotatable bonds is 5. The van der Waals surface area contributed by atoms with Gasteiger partial charge >= 0.3 is 0 Å². The molecule has 0 unspecified atom stereocenters. The molecule has 23 heavy (non-hydrogen) atoms. The summed E-state index contributed by atoms with van der Waals surface area (Å²) in [5.74, 6) is 0.579. The van der Waals surface area contributed by atoms with Crippen LogP contribution in [-0.4, -0.2) is 57.5 Å². The summed E-state index contributed by atoms with van der Waals surface area (Å²) in [7, 11) is -1.62. The SMILES string of the molecule is CC(C)(C)[Si](C)(C)OCCN1CCN(c2ccc(N)nc2)CC1. The molecule has 2 N–H and O–H groups in total. The Balaban J connectivity index is 1.74. The molecule has 1 saturated heterocycles. The van der Waals surface area contributed by atoms with Crippen LogP contribution in [0.25, 0.3) is 0 Å². The molecule has 2 rings (SSSR count). The number of aromatic nitrogens is 1.